The van der Waals surface area contributed by atoms with Crippen LogP contribution in [0.2, 0.25) is 0 Å². The van der Waals surface area contributed by atoms with Crippen molar-refractivity contribution in [1.29, 1.82) is 0 Å². The predicted molar refractivity (Wildman–Crippen MR) is 45.9 cm³/mol. The van der Waals surface area contributed by atoms with Crippen molar-refractivity contribution in [3.63, 3.8) is 0 Å². The molecule has 0 aromatic heterocycles. The van der Waals surface area contributed by atoms with Gasteiger partial charge in [0.25, 0.3) is 0 Å². The summed E-state index contributed by atoms with van der Waals surface area (Å²) in [6.45, 7) is 1.98. The molecule has 0 fully saturated rings. The maximum absolute atomic E-state index is 10.6. The van der Waals surface area contributed by atoms with Crippen LogP contribution in [0.3, 0.4) is 0 Å². The Labute approximate surface area is 66.4 Å². The molecule has 0 aliphatic carbocycles. The summed E-state index contributed by atoms with van der Waals surface area (Å²) in [7, 11) is 1.48. The number of nitrogens with zero attached hydrogens (tertiary/aromatic N) is 1. The summed E-state index contributed by atoms with van der Waals surface area (Å²) in [5.74, 6) is 0. The van der Waals surface area contributed by atoms with E-state index in [1.807, 2.05) is 31.2 Å². The zero-order valence-electron chi connectivity index (χ0n) is 6.74. The van der Waals surface area contributed by atoms with Crippen molar-refractivity contribution in [2.75, 3.05) is 7.05 Å². The molecule has 2 nitrogen and oxygen atoms in total. The molecule has 1 rings (SSSR count). The van der Waals surface area contributed by atoms with Gasteiger partial charge in [0.2, 0.25) is 0 Å². The van der Waals surface area contributed by atoms with Gasteiger partial charge >= 0.3 is 0 Å². The van der Waals surface area contributed by atoms with Crippen LogP contribution in [0.1, 0.15) is 11.1 Å². The summed E-state index contributed by atoms with van der Waals surface area (Å²) >= 11 is 0. The summed E-state index contributed by atoms with van der Waals surface area (Å²) in [5.41, 5.74) is 2.10. The molecule has 0 unspecified atom stereocenters. The van der Waals surface area contributed by atoms with E-state index in [1.165, 1.54) is 7.05 Å². The number of benzene rings is 1. The van der Waals surface area contributed by atoms with Crippen LogP contribution in [0.4, 0.5) is 0 Å². The molecule has 0 saturated carbocycles. The molecule has 0 aliphatic heterocycles. The second-order valence-electron chi connectivity index (χ2n) is 2.53. The molecule has 1 aromatic rings. The molecule has 0 aliphatic rings. The van der Waals surface area contributed by atoms with Gasteiger partial charge in [-0.1, -0.05) is 18.2 Å². The highest BCUT2D eigenvalue weighted by molar-refractivity contribution is 5.77. The first-order chi connectivity index (χ1) is 5.20. The third kappa shape index (κ3) is 2.08. The van der Waals surface area contributed by atoms with Gasteiger partial charge in [0.1, 0.15) is 7.05 Å². The Bertz CT molecular complexity index is 275. The van der Waals surface area contributed by atoms with Gasteiger partial charge in [-0.2, -0.15) is 0 Å². The molecule has 1 aromatic carbocycles. The predicted octanol–water partition coefficient (Wildman–Crippen LogP) is 1.55. The van der Waals surface area contributed by atoms with E-state index in [2.05, 4.69) is 0 Å². The molecule has 0 N–H and O–H groups in total. The lowest BCUT2D eigenvalue weighted by molar-refractivity contribution is -0.416. The van der Waals surface area contributed by atoms with Crippen molar-refractivity contribution in [2.24, 2.45) is 0 Å². The third-order valence-electron chi connectivity index (χ3n) is 1.51. The third-order valence-corrected chi connectivity index (χ3v) is 1.51. The van der Waals surface area contributed by atoms with E-state index in [4.69, 9.17) is 0 Å². The van der Waals surface area contributed by atoms with Gasteiger partial charge in [-0.25, -0.2) is 4.74 Å². The molecule has 0 saturated heterocycles. The minimum absolute atomic E-state index is 0.808. The average Bonchev–Trinajstić information content (AvgIpc) is 1.93. The van der Waals surface area contributed by atoms with E-state index in [1.54, 1.807) is 6.21 Å². The monoisotopic (exact) mass is 149 g/mol. The summed E-state index contributed by atoms with van der Waals surface area (Å²) in [6.07, 6.45) is 1.56. The molecular weight excluding hydrogens is 138 g/mol. The van der Waals surface area contributed by atoms with Crippen LogP contribution < -0.4 is 0 Å². The van der Waals surface area contributed by atoms with Crippen molar-refractivity contribution in [1.82, 2.24) is 0 Å². The van der Waals surface area contributed by atoms with Gasteiger partial charge in [0.05, 0.1) is 0 Å². The fourth-order valence-electron chi connectivity index (χ4n) is 0.928. The maximum atomic E-state index is 10.6. The van der Waals surface area contributed by atoms with E-state index >= 15 is 0 Å². The molecular formula is C9H11NO. The van der Waals surface area contributed by atoms with E-state index in [-0.39, 0.29) is 0 Å². The Morgan fingerprint density at radius 1 is 1.36 bits per heavy atom. The minimum Gasteiger partial charge on any atom is -0.624 e. The smallest absolute Gasteiger partial charge is 0.181 e. The maximum Gasteiger partial charge on any atom is 0.181 e. The van der Waals surface area contributed by atoms with Crippen LogP contribution >= 0.6 is 0 Å². The quantitative estimate of drug-likeness (QED) is 0.257. The van der Waals surface area contributed by atoms with Crippen molar-refractivity contribution < 1.29 is 4.74 Å². The van der Waals surface area contributed by atoms with Gasteiger partial charge in [0.15, 0.2) is 6.21 Å². The summed E-state index contributed by atoms with van der Waals surface area (Å²) < 4.78 is 0.808. The largest absolute Gasteiger partial charge is 0.624 e. The molecule has 11 heavy (non-hydrogen) atoms. The Balaban J connectivity index is 3.04. The zero-order valence-corrected chi connectivity index (χ0v) is 6.74. The lowest BCUT2D eigenvalue weighted by Crippen LogP contribution is -1.98. The Kier molecular flexibility index (Phi) is 2.26. The fraction of sp³-hybridized carbons (Fsp3) is 0.222. The van der Waals surface area contributed by atoms with Crippen LogP contribution in [0.25, 0.3) is 0 Å². The Morgan fingerprint density at radius 2 is 2.00 bits per heavy atom. The van der Waals surface area contributed by atoms with Crippen molar-refractivity contribution in [3.05, 3.63) is 40.6 Å². The van der Waals surface area contributed by atoms with E-state index < -0.39 is 0 Å². The lowest BCUT2D eigenvalue weighted by atomic mass is 10.1. The van der Waals surface area contributed by atoms with Crippen LogP contribution in [-0.4, -0.2) is 18.0 Å². The van der Waals surface area contributed by atoms with Crippen LogP contribution in [-0.2, 0) is 0 Å². The zero-order chi connectivity index (χ0) is 8.27. The van der Waals surface area contributed by atoms with Crippen LogP contribution in [0.15, 0.2) is 24.3 Å². The highest BCUT2D eigenvalue weighted by Crippen LogP contribution is 2.02. The van der Waals surface area contributed by atoms with Gasteiger partial charge in [-0.15, -0.1) is 0 Å². The van der Waals surface area contributed by atoms with E-state index in [0.717, 1.165) is 15.9 Å². The molecule has 0 atom stereocenters. The SMILES string of the molecule is Cc1ccccc1/C=[N+](\C)[O-]. The van der Waals surface area contributed by atoms with E-state index in [0.29, 0.717) is 0 Å². The molecule has 0 amide bonds. The van der Waals surface area contributed by atoms with Crippen molar-refractivity contribution in [2.45, 2.75) is 6.92 Å². The van der Waals surface area contributed by atoms with Crippen LogP contribution in [0.5, 0.6) is 0 Å². The van der Waals surface area contributed by atoms with E-state index in [9.17, 15) is 5.21 Å². The number of hydrogen-bond acceptors (Lipinski definition) is 1. The van der Waals surface area contributed by atoms with Gasteiger partial charge < -0.3 is 5.21 Å². The second-order valence-corrected chi connectivity index (χ2v) is 2.53. The number of rotatable bonds is 1. The topological polar surface area (TPSA) is 26.1 Å². The first-order valence-electron chi connectivity index (χ1n) is 3.50. The van der Waals surface area contributed by atoms with Crippen molar-refractivity contribution >= 4 is 6.21 Å². The number of aryl methyl sites for hydroxylation is 1. The van der Waals surface area contributed by atoms with Gasteiger partial charge in [0, 0.05) is 5.56 Å². The Hall–Kier alpha value is -1.31. The van der Waals surface area contributed by atoms with Gasteiger partial charge in [-0.05, 0) is 18.6 Å². The average molecular weight is 149 g/mol. The Morgan fingerprint density at radius 3 is 2.55 bits per heavy atom. The highest BCUT2D eigenvalue weighted by atomic mass is 16.5. The molecule has 2 heteroatoms. The molecule has 0 spiro atoms. The standard InChI is InChI=1S/C9H11NO/c1-8-5-3-4-6-9(8)7-10(2)11/h3-7H,1-2H3/b10-7+. The number of hydroxylamine groups is 1. The van der Waals surface area contributed by atoms with Gasteiger partial charge in [-0.3, -0.25) is 0 Å². The fourth-order valence-corrected chi connectivity index (χ4v) is 0.928. The summed E-state index contributed by atoms with van der Waals surface area (Å²) in [5, 5.41) is 10.6. The summed E-state index contributed by atoms with van der Waals surface area (Å²) in [4.78, 5) is 0. The normalized spacial score (nSPS) is 11.6. The number of hydrogen-bond donors (Lipinski definition) is 0. The minimum atomic E-state index is 0.808. The summed E-state index contributed by atoms with van der Waals surface area (Å²) in [6, 6.07) is 7.78. The first kappa shape index (κ1) is 7.79. The molecule has 58 valence electrons. The van der Waals surface area contributed by atoms with Crippen molar-refractivity contribution in [3.8, 4) is 0 Å². The first-order valence-corrected chi connectivity index (χ1v) is 3.50. The molecule has 0 radical (unpaired) electrons. The molecule has 0 bridgehead atoms. The van der Waals surface area contributed by atoms with Crippen LogP contribution in [0, 0.1) is 12.1 Å². The molecule has 0 heterocycles. The second kappa shape index (κ2) is 3.19. The highest BCUT2D eigenvalue weighted by Gasteiger charge is 1.94. The lowest BCUT2D eigenvalue weighted by Gasteiger charge is -1.98.